The van der Waals surface area contributed by atoms with Gasteiger partial charge < -0.3 is 9.88 Å². The average molecular weight is 392 g/mol. The van der Waals surface area contributed by atoms with Crippen LogP contribution in [0.1, 0.15) is 48.9 Å². The first kappa shape index (κ1) is 18.0. The number of thiophene rings is 1. The van der Waals surface area contributed by atoms with E-state index in [1.54, 1.807) is 23.1 Å². The zero-order chi connectivity index (χ0) is 18.3. The van der Waals surface area contributed by atoms with Gasteiger partial charge in [0.1, 0.15) is 10.7 Å². The van der Waals surface area contributed by atoms with Crippen molar-refractivity contribution in [2.45, 2.75) is 57.2 Å². The molecule has 1 N–H and O–H groups in total. The third-order valence-corrected chi connectivity index (χ3v) is 7.79. The summed E-state index contributed by atoms with van der Waals surface area (Å²) in [6, 6.07) is 0.355. The lowest BCUT2D eigenvalue weighted by Crippen LogP contribution is -2.36. The molecule has 0 aliphatic heterocycles. The van der Waals surface area contributed by atoms with Gasteiger partial charge in [-0.05, 0) is 50.5 Å². The van der Waals surface area contributed by atoms with Crippen LogP contribution in [0.4, 0.5) is 0 Å². The van der Waals surface area contributed by atoms with Gasteiger partial charge in [0.2, 0.25) is 5.91 Å². The minimum Gasteiger partial charge on any atom is -0.343 e. The molecule has 2 aromatic heterocycles. The second-order valence-electron chi connectivity index (χ2n) is 7.44. The molecule has 5 nitrogen and oxygen atoms in total. The van der Waals surface area contributed by atoms with Crippen LogP contribution in [0.2, 0.25) is 0 Å². The summed E-state index contributed by atoms with van der Waals surface area (Å²) >= 11 is 3.33. The smallest absolute Gasteiger partial charge is 0.259 e. The topological polar surface area (TPSA) is 66.1 Å². The van der Waals surface area contributed by atoms with Crippen LogP contribution in [0.15, 0.2) is 4.79 Å². The fourth-order valence-corrected chi connectivity index (χ4v) is 5.82. The number of nitrogens with one attached hydrogen (secondary N) is 1. The van der Waals surface area contributed by atoms with Crippen LogP contribution < -0.4 is 5.56 Å². The largest absolute Gasteiger partial charge is 0.343 e. The Kier molecular flexibility index (Phi) is 5.10. The number of aromatic amines is 1. The molecule has 0 aromatic carbocycles. The van der Waals surface area contributed by atoms with E-state index < -0.39 is 0 Å². The molecule has 0 bridgehead atoms. The molecule has 1 amide bonds. The molecule has 1 unspecified atom stereocenters. The molecule has 26 heavy (non-hydrogen) atoms. The number of rotatable bonds is 7. The summed E-state index contributed by atoms with van der Waals surface area (Å²) in [6.45, 7) is 2.14. The van der Waals surface area contributed by atoms with Crippen LogP contribution in [0, 0.1) is 5.92 Å². The van der Waals surface area contributed by atoms with Crippen molar-refractivity contribution >= 4 is 39.2 Å². The standard InChI is InChI=1S/C19H25N3O2S2/c1-11(12-6-7-12)22(2)16(23)8-9-25-10-15-20-18(24)17-13-4-3-5-14(13)26-19(17)21-15/h11-12H,3-10H2,1-2H3,(H,20,21,24). The summed E-state index contributed by atoms with van der Waals surface area (Å²) in [6.07, 6.45) is 6.27. The van der Waals surface area contributed by atoms with Crippen molar-refractivity contribution in [2.75, 3.05) is 12.8 Å². The van der Waals surface area contributed by atoms with Crippen molar-refractivity contribution in [1.82, 2.24) is 14.9 Å². The SMILES string of the molecule is CC(C1CC1)N(C)C(=O)CCSCc1nc2sc3c(c2c(=O)[nH]1)CCC3. The van der Waals surface area contributed by atoms with Gasteiger partial charge in [0.15, 0.2) is 0 Å². The molecule has 0 radical (unpaired) electrons. The molecule has 2 aliphatic rings. The number of fused-ring (bicyclic) bond motifs is 3. The maximum absolute atomic E-state index is 12.4. The highest BCUT2D eigenvalue weighted by Gasteiger charge is 2.32. The minimum absolute atomic E-state index is 0.000863. The van der Waals surface area contributed by atoms with Crippen LogP contribution in [-0.4, -0.2) is 39.6 Å². The highest BCUT2D eigenvalue weighted by molar-refractivity contribution is 7.98. The number of aromatic nitrogens is 2. The molecule has 140 valence electrons. The third kappa shape index (κ3) is 3.56. The van der Waals surface area contributed by atoms with Gasteiger partial charge in [-0.3, -0.25) is 9.59 Å². The molecule has 2 heterocycles. The van der Waals surface area contributed by atoms with E-state index in [0.29, 0.717) is 24.1 Å². The van der Waals surface area contributed by atoms with Gasteiger partial charge in [-0.1, -0.05) is 0 Å². The number of aryl methyl sites for hydroxylation is 2. The highest BCUT2D eigenvalue weighted by atomic mass is 32.2. The summed E-state index contributed by atoms with van der Waals surface area (Å²) < 4.78 is 0. The van der Waals surface area contributed by atoms with E-state index in [4.69, 9.17) is 0 Å². The number of amides is 1. The summed E-state index contributed by atoms with van der Waals surface area (Å²) in [7, 11) is 1.92. The number of H-pyrrole nitrogens is 1. The summed E-state index contributed by atoms with van der Waals surface area (Å²) in [4.78, 5) is 36.4. The number of hydrogen-bond acceptors (Lipinski definition) is 5. The van der Waals surface area contributed by atoms with Crippen LogP contribution in [-0.2, 0) is 23.4 Å². The zero-order valence-corrected chi connectivity index (χ0v) is 17.0. The minimum atomic E-state index is -0.000863. The fourth-order valence-electron chi connectivity index (χ4n) is 3.74. The summed E-state index contributed by atoms with van der Waals surface area (Å²) in [5.41, 5.74) is 1.22. The number of hydrogen-bond donors (Lipinski definition) is 1. The third-order valence-electron chi connectivity index (χ3n) is 5.63. The van der Waals surface area contributed by atoms with Crippen molar-refractivity contribution in [2.24, 2.45) is 5.92 Å². The van der Waals surface area contributed by atoms with E-state index in [-0.39, 0.29) is 11.5 Å². The number of carbonyl (C=O) groups is 1. The Morgan fingerprint density at radius 1 is 1.42 bits per heavy atom. The van der Waals surface area contributed by atoms with Crippen LogP contribution >= 0.6 is 23.1 Å². The van der Waals surface area contributed by atoms with Gasteiger partial charge in [0.05, 0.1) is 11.1 Å². The van der Waals surface area contributed by atoms with Crippen LogP contribution in [0.3, 0.4) is 0 Å². The van der Waals surface area contributed by atoms with E-state index >= 15 is 0 Å². The first-order valence-corrected chi connectivity index (χ1v) is 11.4. The molecule has 0 spiro atoms. The number of nitrogens with zero attached hydrogens (tertiary/aromatic N) is 2. The Morgan fingerprint density at radius 2 is 2.23 bits per heavy atom. The molecular formula is C19H25N3O2S2. The van der Waals surface area contributed by atoms with Gasteiger partial charge >= 0.3 is 0 Å². The predicted octanol–water partition coefficient (Wildman–Crippen LogP) is 3.35. The highest BCUT2D eigenvalue weighted by Crippen LogP contribution is 2.35. The molecule has 2 aromatic rings. The Labute approximate surface area is 161 Å². The molecule has 1 saturated carbocycles. The average Bonchev–Trinajstić information content (AvgIpc) is 3.27. The van der Waals surface area contributed by atoms with Gasteiger partial charge in [-0.15, -0.1) is 11.3 Å². The second-order valence-corrected chi connectivity index (χ2v) is 9.62. The Balaban J connectivity index is 1.32. The van der Waals surface area contributed by atoms with Crippen LogP contribution in [0.25, 0.3) is 10.2 Å². The lowest BCUT2D eigenvalue weighted by Gasteiger charge is -2.24. The van der Waals surface area contributed by atoms with E-state index in [1.807, 2.05) is 11.9 Å². The predicted molar refractivity (Wildman–Crippen MR) is 108 cm³/mol. The van der Waals surface area contributed by atoms with E-state index in [2.05, 4.69) is 16.9 Å². The Hall–Kier alpha value is -1.34. The number of carbonyl (C=O) groups excluding carboxylic acids is 1. The van der Waals surface area contributed by atoms with Gasteiger partial charge in [-0.25, -0.2) is 4.98 Å². The molecule has 0 saturated heterocycles. The lowest BCUT2D eigenvalue weighted by molar-refractivity contribution is -0.131. The summed E-state index contributed by atoms with van der Waals surface area (Å²) in [5, 5.41) is 0.808. The van der Waals surface area contributed by atoms with Gasteiger partial charge in [0.25, 0.3) is 5.56 Å². The quantitative estimate of drug-likeness (QED) is 0.735. The van der Waals surface area contributed by atoms with Crippen molar-refractivity contribution in [3.8, 4) is 0 Å². The maximum Gasteiger partial charge on any atom is 0.259 e. The molecule has 4 rings (SSSR count). The molecular weight excluding hydrogens is 366 g/mol. The van der Waals surface area contributed by atoms with Crippen molar-refractivity contribution in [3.63, 3.8) is 0 Å². The monoisotopic (exact) mass is 391 g/mol. The molecule has 1 fully saturated rings. The normalized spacial score (nSPS) is 17.5. The first-order valence-electron chi connectivity index (χ1n) is 9.41. The molecule has 2 aliphatic carbocycles. The van der Waals surface area contributed by atoms with E-state index in [0.717, 1.165) is 41.1 Å². The molecule has 1 atom stereocenters. The first-order chi connectivity index (χ1) is 12.5. The van der Waals surface area contributed by atoms with Crippen molar-refractivity contribution in [1.29, 1.82) is 0 Å². The lowest BCUT2D eigenvalue weighted by atomic mass is 10.2. The Morgan fingerprint density at radius 3 is 3.00 bits per heavy atom. The van der Waals surface area contributed by atoms with Gasteiger partial charge in [-0.2, -0.15) is 11.8 Å². The van der Waals surface area contributed by atoms with Gasteiger partial charge in [0, 0.05) is 30.1 Å². The Bertz CT molecular complexity index is 885. The fraction of sp³-hybridized carbons (Fsp3) is 0.632. The second kappa shape index (κ2) is 7.35. The summed E-state index contributed by atoms with van der Waals surface area (Å²) in [5.74, 6) is 3.03. The molecule has 7 heteroatoms. The van der Waals surface area contributed by atoms with E-state index in [9.17, 15) is 9.59 Å². The maximum atomic E-state index is 12.4. The number of thioether (sulfide) groups is 1. The van der Waals surface area contributed by atoms with E-state index in [1.165, 1.54) is 23.3 Å². The van der Waals surface area contributed by atoms with Crippen molar-refractivity contribution < 1.29 is 4.79 Å². The van der Waals surface area contributed by atoms with Crippen molar-refractivity contribution in [3.05, 3.63) is 26.6 Å². The zero-order valence-electron chi connectivity index (χ0n) is 15.3. The van der Waals surface area contributed by atoms with Crippen LogP contribution in [0.5, 0.6) is 0 Å².